The van der Waals surface area contributed by atoms with Gasteiger partial charge in [0.05, 0.1) is 0 Å². The maximum absolute atomic E-state index is 11.9. The Morgan fingerprint density at radius 1 is 0.963 bits per heavy atom. The number of carboxylic acid groups (broad SMARTS) is 1. The number of para-hydroxylation sites is 1. The first-order chi connectivity index (χ1) is 13.2. The van der Waals surface area contributed by atoms with E-state index in [-0.39, 0.29) is 0 Å². The van der Waals surface area contributed by atoms with Crippen LogP contribution in [0.15, 0.2) is 54.6 Å². The molecule has 0 aromatic heterocycles. The second kappa shape index (κ2) is 9.56. The van der Waals surface area contributed by atoms with Crippen LogP contribution in [0.25, 0.3) is 0 Å². The lowest BCUT2D eigenvalue weighted by molar-refractivity contribution is -0.143. The zero-order valence-electron chi connectivity index (χ0n) is 16.2. The van der Waals surface area contributed by atoms with Crippen LogP contribution < -0.4 is 4.90 Å². The van der Waals surface area contributed by atoms with Gasteiger partial charge in [-0.2, -0.15) is 0 Å². The summed E-state index contributed by atoms with van der Waals surface area (Å²) in [7, 11) is 0. The molecule has 0 saturated carbocycles. The Balaban J connectivity index is 1.59. The fourth-order valence-corrected chi connectivity index (χ4v) is 3.75. The fraction of sp³-hybridized carbons (Fsp3) is 0.435. The zero-order chi connectivity index (χ0) is 19.1. The predicted molar refractivity (Wildman–Crippen MR) is 110 cm³/mol. The number of carbonyl (C=O) groups is 1. The maximum atomic E-state index is 11.9. The maximum Gasteiger partial charge on any atom is 0.321 e. The van der Waals surface area contributed by atoms with Crippen LogP contribution in [0.4, 0.5) is 5.69 Å². The van der Waals surface area contributed by atoms with Crippen molar-refractivity contribution in [3.05, 3.63) is 65.7 Å². The lowest BCUT2D eigenvalue weighted by Gasteiger charge is -2.38. The van der Waals surface area contributed by atoms with Crippen LogP contribution in [0, 0.1) is 0 Å². The van der Waals surface area contributed by atoms with Crippen molar-refractivity contribution >= 4 is 11.7 Å². The quantitative estimate of drug-likeness (QED) is 0.771. The number of piperazine rings is 1. The summed E-state index contributed by atoms with van der Waals surface area (Å²) in [4.78, 5) is 16.4. The molecule has 1 fully saturated rings. The number of hydrogen-bond acceptors (Lipinski definition) is 3. The molecule has 0 bridgehead atoms. The summed E-state index contributed by atoms with van der Waals surface area (Å²) >= 11 is 0. The largest absolute Gasteiger partial charge is 0.480 e. The Labute approximate surface area is 162 Å². The first-order valence-electron chi connectivity index (χ1n) is 10.0. The molecule has 3 rings (SSSR count). The van der Waals surface area contributed by atoms with E-state index in [0.29, 0.717) is 6.42 Å². The number of unbranched alkanes of at least 4 members (excludes halogenated alkanes) is 1. The van der Waals surface area contributed by atoms with Gasteiger partial charge in [-0.3, -0.25) is 9.69 Å². The first-order valence-corrected chi connectivity index (χ1v) is 10.0. The molecule has 1 aliphatic heterocycles. The van der Waals surface area contributed by atoms with Gasteiger partial charge in [0.2, 0.25) is 0 Å². The van der Waals surface area contributed by atoms with E-state index in [1.54, 1.807) is 0 Å². The van der Waals surface area contributed by atoms with Crippen LogP contribution in [-0.2, 0) is 17.6 Å². The normalized spacial score (nSPS) is 16.3. The van der Waals surface area contributed by atoms with Gasteiger partial charge in [0, 0.05) is 31.9 Å². The molecule has 2 aromatic rings. The molecule has 4 nitrogen and oxygen atoms in total. The number of nitrogens with zero attached hydrogens (tertiary/aromatic N) is 2. The highest BCUT2D eigenvalue weighted by molar-refractivity contribution is 5.74. The topological polar surface area (TPSA) is 43.8 Å². The van der Waals surface area contributed by atoms with Gasteiger partial charge < -0.3 is 10.0 Å². The van der Waals surface area contributed by atoms with Crippen molar-refractivity contribution in [3.8, 4) is 0 Å². The van der Waals surface area contributed by atoms with E-state index in [0.717, 1.165) is 38.2 Å². The molecule has 1 atom stereocenters. The van der Waals surface area contributed by atoms with Gasteiger partial charge in [-0.15, -0.1) is 0 Å². The van der Waals surface area contributed by atoms with E-state index >= 15 is 0 Å². The van der Waals surface area contributed by atoms with Crippen LogP contribution in [0.1, 0.15) is 30.9 Å². The molecule has 1 saturated heterocycles. The minimum Gasteiger partial charge on any atom is -0.480 e. The molecule has 0 unspecified atom stereocenters. The highest BCUT2D eigenvalue weighted by atomic mass is 16.4. The Morgan fingerprint density at radius 2 is 1.59 bits per heavy atom. The van der Waals surface area contributed by atoms with Gasteiger partial charge in [-0.05, 0) is 42.5 Å². The van der Waals surface area contributed by atoms with Crippen molar-refractivity contribution in [3.63, 3.8) is 0 Å². The summed E-state index contributed by atoms with van der Waals surface area (Å²) in [6, 6.07) is 18.4. The Bertz CT molecular complexity index is 707. The van der Waals surface area contributed by atoms with E-state index in [1.807, 2.05) is 18.2 Å². The van der Waals surface area contributed by atoms with Gasteiger partial charge >= 0.3 is 5.97 Å². The van der Waals surface area contributed by atoms with E-state index in [2.05, 4.69) is 53.1 Å². The van der Waals surface area contributed by atoms with Crippen LogP contribution in [-0.4, -0.2) is 48.2 Å². The van der Waals surface area contributed by atoms with Gasteiger partial charge in [0.1, 0.15) is 6.04 Å². The summed E-state index contributed by atoms with van der Waals surface area (Å²) in [5.74, 6) is -0.724. The van der Waals surface area contributed by atoms with Gasteiger partial charge in [0.25, 0.3) is 0 Å². The highest BCUT2D eigenvalue weighted by Gasteiger charge is 2.29. The van der Waals surface area contributed by atoms with Crippen molar-refractivity contribution in [2.75, 3.05) is 31.1 Å². The minimum absolute atomic E-state index is 0.454. The summed E-state index contributed by atoms with van der Waals surface area (Å²) in [5.41, 5.74) is 3.66. The van der Waals surface area contributed by atoms with Gasteiger partial charge in [0.15, 0.2) is 0 Å². The second-order valence-electron chi connectivity index (χ2n) is 7.34. The average molecular weight is 367 g/mol. The third kappa shape index (κ3) is 5.33. The smallest absolute Gasteiger partial charge is 0.321 e. The number of anilines is 1. The molecule has 0 radical (unpaired) electrons. The van der Waals surface area contributed by atoms with Crippen molar-refractivity contribution in [1.29, 1.82) is 0 Å². The van der Waals surface area contributed by atoms with E-state index in [1.165, 1.54) is 24.1 Å². The lowest BCUT2D eigenvalue weighted by atomic mass is 10.0. The van der Waals surface area contributed by atoms with E-state index in [4.69, 9.17) is 0 Å². The molecule has 2 aromatic carbocycles. The number of aliphatic carboxylic acids is 1. The molecule has 0 aliphatic carbocycles. The van der Waals surface area contributed by atoms with Crippen LogP contribution >= 0.6 is 0 Å². The molecule has 4 heteroatoms. The van der Waals surface area contributed by atoms with E-state index < -0.39 is 12.0 Å². The summed E-state index contributed by atoms with van der Waals surface area (Å²) in [6.45, 7) is 5.48. The molecule has 0 spiro atoms. The average Bonchev–Trinajstić information content (AvgIpc) is 2.72. The number of hydrogen-bond donors (Lipinski definition) is 1. The van der Waals surface area contributed by atoms with Crippen LogP contribution in [0.3, 0.4) is 0 Å². The Hall–Kier alpha value is -2.33. The number of rotatable bonds is 8. The third-order valence-electron chi connectivity index (χ3n) is 5.43. The van der Waals surface area contributed by atoms with Crippen LogP contribution in [0.2, 0.25) is 0 Å². The summed E-state index contributed by atoms with van der Waals surface area (Å²) in [5, 5.41) is 9.79. The molecule has 1 N–H and O–H groups in total. The molecular formula is C23H30N2O2. The van der Waals surface area contributed by atoms with Crippen molar-refractivity contribution in [2.45, 2.75) is 38.6 Å². The summed E-state index contributed by atoms with van der Waals surface area (Å²) < 4.78 is 0. The minimum atomic E-state index is -0.724. The first kappa shape index (κ1) is 19.4. The SMILES string of the molecule is CCCCc1ccc(C[C@H](C(=O)O)N2CCN(c3ccccc3)CC2)cc1. The zero-order valence-corrected chi connectivity index (χ0v) is 16.2. The predicted octanol–water partition coefficient (Wildman–Crippen LogP) is 3.85. The second-order valence-corrected chi connectivity index (χ2v) is 7.34. The molecule has 1 aliphatic rings. The Morgan fingerprint density at radius 3 is 2.19 bits per heavy atom. The number of benzene rings is 2. The third-order valence-corrected chi connectivity index (χ3v) is 5.43. The summed E-state index contributed by atoms with van der Waals surface area (Å²) in [6.07, 6.45) is 4.05. The molecule has 27 heavy (non-hydrogen) atoms. The monoisotopic (exact) mass is 366 g/mol. The van der Waals surface area contributed by atoms with Crippen LogP contribution in [0.5, 0.6) is 0 Å². The lowest BCUT2D eigenvalue weighted by Crippen LogP contribution is -2.53. The molecule has 0 amide bonds. The molecule has 1 heterocycles. The standard InChI is InChI=1S/C23H30N2O2/c1-2-3-7-19-10-12-20(13-11-19)18-22(23(26)27)25-16-14-24(15-17-25)21-8-5-4-6-9-21/h4-6,8-13,22H,2-3,7,14-18H2,1H3,(H,26,27)/t22-/m1/s1. The number of carboxylic acids is 1. The van der Waals surface area contributed by atoms with E-state index in [9.17, 15) is 9.90 Å². The number of aryl methyl sites for hydroxylation is 1. The molecular weight excluding hydrogens is 336 g/mol. The van der Waals surface area contributed by atoms with Crippen molar-refractivity contribution in [1.82, 2.24) is 4.90 Å². The fourth-order valence-electron chi connectivity index (χ4n) is 3.75. The van der Waals surface area contributed by atoms with Gasteiger partial charge in [-0.25, -0.2) is 0 Å². The highest BCUT2D eigenvalue weighted by Crippen LogP contribution is 2.19. The molecule has 144 valence electrons. The Kier molecular flexibility index (Phi) is 6.88. The van der Waals surface area contributed by atoms with Gasteiger partial charge in [-0.1, -0.05) is 55.8 Å². The van der Waals surface area contributed by atoms with Crippen molar-refractivity contribution in [2.24, 2.45) is 0 Å². The van der Waals surface area contributed by atoms with Crippen molar-refractivity contribution < 1.29 is 9.90 Å².